The van der Waals surface area contributed by atoms with Gasteiger partial charge in [0.25, 0.3) is 15.9 Å². The summed E-state index contributed by atoms with van der Waals surface area (Å²) in [5, 5.41) is 2.70. The number of aryl methyl sites for hydroxylation is 1. The summed E-state index contributed by atoms with van der Waals surface area (Å²) < 4.78 is 33.4. The van der Waals surface area contributed by atoms with Gasteiger partial charge in [0.1, 0.15) is 5.75 Å². The molecule has 8 nitrogen and oxygen atoms in total. The lowest BCUT2D eigenvalue weighted by Crippen LogP contribution is -2.35. The molecule has 3 aromatic carbocycles. The molecule has 180 valence electrons. The Morgan fingerprint density at radius 1 is 1.03 bits per heavy atom. The molecule has 0 aliphatic carbocycles. The second kappa shape index (κ2) is 10.8. The van der Waals surface area contributed by atoms with E-state index in [1.165, 1.54) is 31.2 Å². The van der Waals surface area contributed by atoms with Crippen LogP contribution in [0.15, 0.2) is 71.6 Å². The van der Waals surface area contributed by atoms with Crippen molar-refractivity contribution in [2.75, 3.05) is 30.7 Å². The third kappa shape index (κ3) is 6.40. The summed E-state index contributed by atoms with van der Waals surface area (Å²) in [6, 6.07) is 17.5. The molecule has 0 aliphatic heterocycles. The van der Waals surface area contributed by atoms with Gasteiger partial charge in [0.05, 0.1) is 18.6 Å². The van der Waals surface area contributed by atoms with E-state index >= 15 is 0 Å². The molecule has 35 heavy (non-hydrogen) atoms. The number of terminal acetylenes is 1. The number of ether oxygens (including phenoxy) is 1. The summed E-state index contributed by atoms with van der Waals surface area (Å²) in [6.07, 6.45) is 5.38. The lowest BCUT2D eigenvalue weighted by atomic mass is 10.1. The lowest BCUT2D eigenvalue weighted by molar-refractivity contribution is -0.116. The number of amides is 2. The van der Waals surface area contributed by atoms with Crippen LogP contribution in [0, 0.1) is 19.3 Å². The molecule has 0 unspecified atom stereocenters. The van der Waals surface area contributed by atoms with Crippen molar-refractivity contribution in [3.8, 4) is 18.1 Å². The Labute approximate surface area is 205 Å². The SMILES string of the molecule is C#Cc1cccc(NC(=O)CN(C)C(=O)c2cc(S(=O)(=O)Nc3ccc(OC)cc3)ccc2C)c1. The number of rotatable bonds is 8. The highest BCUT2D eigenvalue weighted by Gasteiger charge is 2.21. The first-order valence-electron chi connectivity index (χ1n) is 10.5. The van der Waals surface area contributed by atoms with Gasteiger partial charge in [-0.3, -0.25) is 14.3 Å². The van der Waals surface area contributed by atoms with Gasteiger partial charge in [-0.25, -0.2) is 8.42 Å². The van der Waals surface area contributed by atoms with Gasteiger partial charge in [-0.15, -0.1) is 6.42 Å². The highest BCUT2D eigenvalue weighted by atomic mass is 32.2. The maximum Gasteiger partial charge on any atom is 0.261 e. The van der Waals surface area contributed by atoms with Crippen molar-refractivity contribution >= 4 is 33.2 Å². The van der Waals surface area contributed by atoms with Crippen LogP contribution in [0.2, 0.25) is 0 Å². The van der Waals surface area contributed by atoms with E-state index in [1.54, 1.807) is 61.5 Å². The normalized spacial score (nSPS) is 10.7. The van der Waals surface area contributed by atoms with Crippen LogP contribution >= 0.6 is 0 Å². The van der Waals surface area contributed by atoms with E-state index in [9.17, 15) is 18.0 Å². The van der Waals surface area contributed by atoms with Crippen molar-refractivity contribution in [3.63, 3.8) is 0 Å². The van der Waals surface area contributed by atoms with Crippen molar-refractivity contribution in [2.45, 2.75) is 11.8 Å². The van der Waals surface area contributed by atoms with Gasteiger partial charge in [0, 0.05) is 29.5 Å². The zero-order valence-electron chi connectivity index (χ0n) is 19.5. The second-order valence-electron chi connectivity index (χ2n) is 7.75. The molecule has 0 bridgehead atoms. The Bertz CT molecular complexity index is 1390. The average Bonchev–Trinajstić information content (AvgIpc) is 2.84. The van der Waals surface area contributed by atoms with Gasteiger partial charge in [-0.05, 0) is 67.1 Å². The molecule has 0 saturated carbocycles. The molecular formula is C26H25N3O5S. The smallest absolute Gasteiger partial charge is 0.261 e. The number of carbonyl (C=O) groups excluding carboxylic acids is 2. The molecule has 0 spiro atoms. The first-order chi connectivity index (χ1) is 16.6. The van der Waals surface area contributed by atoms with Crippen LogP contribution in [-0.4, -0.2) is 45.8 Å². The Kier molecular flexibility index (Phi) is 7.79. The highest BCUT2D eigenvalue weighted by Crippen LogP contribution is 2.22. The number of benzene rings is 3. The molecule has 0 saturated heterocycles. The number of nitrogens with one attached hydrogen (secondary N) is 2. The van der Waals surface area contributed by atoms with Gasteiger partial charge in [0.15, 0.2) is 0 Å². The number of nitrogens with zero attached hydrogens (tertiary/aromatic N) is 1. The van der Waals surface area contributed by atoms with Crippen LogP contribution < -0.4 is 14.8 Å². The predicted octanol–water partition coefficient (Wildman–Crippen LogP) is 3.50. The van der Waals surface area contributed by atoms with Gasteiger partial charge < -0.3 is 15.0 Å². The standard InChI is InChI=1S/C26H25N3O5S/c1-5-19-7-6-8-21(15-19)27-25(30)17-29(3)26(31)24-16-23(14-9-18(24)2)35(32,33)28-20-10-12-22(34-4)13-11-20/h1,6-16,28H,17H2,2-4H3,(H,27,30). The van der Waals surface area contributed by atoms with E-state index in [4.69, 9.17) is 11.2 Å². The fourth-order valence-electron chi connectivity index (χ4n) is 3.25. The molecule has 0 aromatic heterocycles. The Hall–Kier alpha value is -4.29. The molecule has 2 amide bonds. The van der Waals surface area contributed by atoms with E-state index < -0.39 is 21.8 Å². The Balaban J connectivity index is 1.74. The Morgan fingerprint density at radius 2 is 1.74 bits per heavy atom. The summed E-state index contributed by atoms with van der Waals surface area (Å²) in [5.74, 6) is 2.17. The lowest BCUT2D eigenvalue weighted by Gasteiger charge is -2.19. The van der Waals surface area contributed by atoms with Gasteiger partial charge >= 0.3 is 0 Å². The molecule has 0 aliphatic rings. The molecule has 0 radical (unpaired) electrons. The van der Waals surface area contributed by atoms with Crippen LogP contribution in [0.5, 0.6) is 5.75 Å². The molecule has 0 atom stereocenters. The monoisotopic (exact) mass is 491 g/mol. The van der Waals surface area contributed by atoms with Crippen LogP contribution in [0.1, 0.15) is 21.5 Å². The zero-order chi connectivity index (χ0) is 25.6. The third-order valence-electron chi connectivity index (χ3n) is 5.13. The number of hydrogen-bond donors (Lipinski definition) is 2. The molecule has 9 heteroatoms. The van der Waals surface area contributed by atoms with Gasteiger partial charge in [0.2, 0.25) is 5.91 Å². The van der Waals surface area contributed by atoms with E-state index in [2.05, 4.69) is 16.0 Å². The summed E-state index contributed by atoms with van der Waals surface area (Å²) in [6.45, 7) is 1.46. The number of likely N-dealkylation sites (N-methyl/N-ethyl adjacent to an activating group) is 1. The molecule has 0 fully saturated rings. The van der Waals surface area contributed by atoms with Crippen LogP contribution in [-0.2, 0) is 14.8 Å². The van der Waals surface area contributed by atoms with E-state index in [-0.39, 0.29) is 17.0 Å². The van der Waals surface area contributed by atoms with Crippen molar-refractivity contribution in [3.05, 3.63) is 83.4 Å². The number of carbonyl (C=O) groups is 2. The number of anilines is 2. The van der Waals surface area contributed by atoms with E-state index in [1.807, 2.05) is 0 Å². The van der Waals surface area contributed by atoms with Gasteiger partial charge in [-0.1, -0.05) is 18.1 Å². The van der Waals surface area contributed by atoms with Gasteiger partial charge in [-0.2, -0.15) is 0 Å². The summed E-state index contributed by atoms with van der Waals surface area (Å²) in [4.78, 5) is 26.6. The largest absolute Gasteiger partial charge is 0.497 e. The fourth-order valence-corrected chi connectivity index (χ4v) is 4.34. The topological polar surface area (TPSA) is 105 Å². The minimum absolute atomic E-state index is 0.0776. The number of sulfonamides is 1. The molecular weight excluding hydrogens is 466 g/mol. The molecule has 3 rings (SSSR count). The maximum absolute atomic E-state index is 13.1. The molecule has 2 N–H and O–H groups in total. The zero-order valence-corrected chi connectivity index (χ0v) is 20.3. The average molecular weight is 492 g/mol. The van der Waals surface area contributed by atoms with E-state index in [0.29, 0.717) is 28.3 Å². The predicted molar refractivity (Wildman–Crippen MR) is 135 cm³/mol. The molecule has 0 heterocycles. The second-order valence-corrected chi connectivity index (χ2v) is 9.43. The first kappa shape index (κ1) is 25.3. The van der Waals surface area contributed by atoms with Crippen molar-refractivity contribution in [1.29, 1.82) is 0 Å². The van der Waals surface area contributed by atoms with Crippen LogP contribution in [0.3, 0.4) is 0 Å². The van der Waals surface area contributed by atoms with Crippen LogP contribution in [0.4, 0.5) is 11.4 Å². The number of hydrogen-bond acceptors (Lipinski definition) is 5. The fraction of sp³-hybridized carbons (Fsp3) is 0.154. The minimum Gasteiger partial charge on any atom is -0.497 e. The first-order valence-corrected chi connectivity index (χ1v) is 12.0. The summed E-state index contributed by atoms with van der Waals surface area (Å²) in [7, 11) is -0.975. The number of methoxy groups -OCH3 is 1. The highest BCUT2D eigenvalue weighted by molar-refractivity contribution is 7.92. The van der Waals surface area contributed by atoms with Crippen LogP contribution in [0.25, 0.3) is 0 Å². The minimum atomic E-state index is -3.96. The van der Waals surface area contributed by atoms with E-state index in [0.717, 1.165) is 0 Å². The quantitative estimate of drug-likeness (QED) is 0.470. The summed E-state index contributed by atoms with van der Waals surface area (Å²) in [5.41, 5.74) is 2.23. The molecule has 3 aromatic rings. The third-order valence-corrected chi connectivity index (χ3v) is 6.51. The summed E-state index contributed by atoms with van der Waals surface area (Å²) >= 11 is 0. The van der Waals surface area contributed by atoms with Crippen molar-refractivity contribution in [2.24, 2.45) is 0 Å². The van der Waals surface area contributed by atoms with Crippen molar-refractivity contribution < 1.29 is 22.7 Å². The maximum atomic E-state index is 13.1. The Morgan fingerprint density at radius 3 is 2.40 bits per heavy atom. The van der Waals surface area contributed by atoms with Crippen molar-refractivity contribution in [1.82, 2.24) is 4.90 Å².